The number of hydrogen-bond acceptors (Lipinski definition) is 4. The fourth-order valence-electron chi connectivity index (χ4n) is 2.26. The minimum atomic E-state index is -1.85. The molecule has 0 aliphatic rings. The number of fused-ring (bicyclic) bond motifs is 1. The van der Waals surface area contributed by atoms with Crippen molar-refractivity contribution in [3.05, 3.63) is 71.2 Å². The second-order valence-electron chi connectivity index (χ2n) is 4.46. The van der Waals surface area contributed by atoms with Gasteiger partial charge < -0.3 is 0 Å². The highest BCUT2D eigenvalue weighted by Crippen LogP contribution is 2.51. The van der Waals surface area contributed by atoms with E-state index in [9.17, 15) is 17.6 Å². The van der Waals surface area contributed by atoms with Crippen molar-refractivity contribution in [3.63, 3.8) is 0 Å². The van der Waals surface area contributed by atoms with Crippen LogP contribution in [0.2, 0.25) is 0 Å². The first kappa shape index (κ1) is 21.1. The van der Waals surface area contributed by atoms with Crippen LogP contribution in [0.3, 0.4) is 0 Å². The molecular formula is C18H12F4S4. The van der Waals surface area contributed by atoms with E-state index in [0.29, 0.717) is 9.79 Å². The molecule has 0 spiro atoms. The van der Waals surface area contributed by atoms with Crippen LogP contribution in [0.5, 0.6) is 0 Å². The molecule has 0 nitrogen and oxygen atoms in total. The largest absolute Gasteiger partial charge is 0.203 e. The Morgan fingerprint density at radius 1 is 0.462 bits per heavy atom. The Kier molecular flexibility index (Phi) is 7.40. The summed E-state index contributed by atoms with van der Waals surface area (Å²) in [6, 6.07) is 0. The lowest BCUT2D eigenvalue weighted by Crippen LogP contribution is -2.02. The molecule has 0 atom stereocenters. The number of hydrogen-bond donors (Lipinski definition) is 0. The van der Waals surface area contributed by atoms with Crippen molar-refractivity contribution < 1.29 is 17.6 Å². The van der Waals surface area contributed by atoms with Crippen LogP contribution in [-0.2, 0) is 0 Å². The Balaban J connectivity index is 3.22. The third kappa shape index (κ3) is 3.60. The third-order valence-electron chi connectivity index (χ3n) is 3.14. The Morgan fingerprint density at radius 2 is 0.731 bits per heavy atom. The third-order valence-corrected chi connectivity index (χ3v) is 6.77. The smallest absolute Gasteiger partial charge is 0.198 e. The fourth-order valence-corrected chi connectivity index (χ4v) is 5.80. The van der Waals surface area contributed by atoms with Crippen molar-refractivity contribution in [2.24, 2.45) is 0 Å². The zero-order chi connectivity index (χ0) is 19.4. The predicted octanol–water partition coefficient (Wildman–Crippen LogP) is 8.34. The first-order chi connectivity index (χ1) is 12.4. The molecule has 0 heterocycles. The summed E-state index contributed by atoms with van der Waals surface area (Å²) in [5.41, 5.74) is 0. The summed E-state index contributed by atoms with van der Waals surface area (Å²) in [5.74, 6) is -6.60. The van der Waals surface area contributed by atoms with E-state index in [4.69, 9.17) is 0 Å². The van der Waals surface area contributed by atoms with E-state index in [2.05, 4.69) is 26.3 Å². The van der Waals surface area contributed by atoms with Crippen LogP contribution in [-0.4, -0.2) is 0 Å². The monoisotopic (exact) mass is 432 g/mol. The summed E-state index contributed by atoms with van der Waals surface area (Å²) in [6.07, 6.45) is 0. The van der Waals surface area contributed by atoms with Crippen LogP contribution in [0.15, 0.2) is 67.5 Å². The summed E-state index contributed by atoms with van der Waals surface area (Å²) >= 11 is 4.31. The first-order valence-electron chi connectivity index (χ1n) is 6.90. The summed E-state index contributed by atoms with van der Waals surface area (Å²) in [7, 11) is 0. The predicted molar refractivity (Wildman–Crippen MR) is 108 cm³/mol. The average molecular weight is 433 g/mol. The summed E-state index contributed by atoms with van der Waals surface area (Å²) in [4.78, 5) is 1.51. The lowest BCUT2D eigenvalue weighted by atomic mass is 10.1. The van der Waals surface area contributed by atoms with Crippen molar-refractivity contribution in [1.29, 1.82) is 0 Å². The average Bonchev–Trinajstić information content (AvgIpc) is 2.62. The second kappa shape index (κ2) is 9.12. The van der Waals surface area contributed by atoms with Crippen molar-refractivity contribution in [2.45, 2.75) is 19.6 Å². The Morgan fingerprint density at radius 3 is 1.00 bits per heavy atom. The number of rotatable bonds is 8. The lowest BCUT2D eigenvalue weighted by Gasteiger charge is -2.19. The SMILES string of the molecule is C=CSc1c(SC=C)c(SC=C)c2c(F)c(F)c(F)c(F)c2c1SC=C. The van der Waals surface area contributed by atoms with Crippen LogP contribution in [0.25, 0.3) is 10.8 Å². The molecule has 0 N–H and O–H groups in total. The van der Waals surface area contributed by atoms with Gasteiger partial charge in [0, 0.05) is 30.4 Å². The Hall–Kier alpha value is -1.22. The normalized spacial score (nSPS) is 10.8. The molecule has 0 amide bonds. The first-order valence-corrected chi connectivity index (χ1v) is 10.4. The molecule has 0 aromatic heterocycles. The van der Waals surface area contributed by atoms with Gasteiger partial charge >= 0.3 is 0 Å². The van der Waals surface area contributed by atoms with Gasteiger partial charge in [0.1, 0.15) is 0 Å². The molecule has 8 heteroatoms. The highest BCUT2D eigenvalue weighted by atomic mass is 32.2. The zero-order valence-electron chi connectivity index (χ0n) is 13.3. The molecule has 0 radical (unpaired) electrons. The number of thioether (sulfide) groups is 4. The molecule has 0 unspecified atom stereocenters. The maximum absolute atomic E-state index is 14.7. The van der Waals surface area contributed by atoms with E-state index >= 15 is 0 Å². The molecule has 26 heavy (non-hydrogen) atoms. The molecule has 0 aliphatic heterocycles. The highest BCUT2D eigenvalue weighted by Gasteiger charge is 2.29. The minimum absolute atomic E-state index is 0.230. The van der Waals surface area contributed by atoms with Crippen LogP contribution in [0.4, 0.5) is 17.6 Å². The highest BCUT2D eigenvalue weighted by molar-refractivity contribution is 8.07. The Bertz CT molecular complexity index is 848. The van der Waals surface area contributed by atoms with Gasteiger partial charge in [-0.25, -0.2) is 17.6 Å². The molecule has 136 valence electrons. The van der Waals surface area contributed by atoms with E-state index in [1.54, 1.807) is 0 Å². The van der Waals surface area contributed by atoms with E-state index in [1.165, 1.54) is 21.6 Å². The summed E-state index contributed by atoms with van der Waals surface area (Å²) < 4.78 is 57.2. The van der Waals surface area contributed by atoms with Gasteiger partial charge in [-0.3, -0.25) is 0 Å². The minimum Gasteiger partial charge on any atom is -0.203 e. The zero-order valence-corrected chi connectivity index (χ0v) is 16.5. The van der Waals surface area contributed by atoms with Crippen LogP contribution < -0.4 is 0 Å². The summed E-state index contributed by atoms with van der Waals surface area (Å²) in [5, 5.41) is 5.16. The van der Waals surface area contributed by atoms with Crippen LogP contribution in [0.1, 0.15) is 0 Å². The maximum atomic E-state index is 14.7. The van der Waals surface area contributed by atoms with Crippen molar-refractivity contribution >= 4 is 57.8 Å². The van der Waals surface area contributed by atoms with Gasteiger partial charge in [-0.1, -0.05) is 73.4 Å². The molecule has 0 bridgehead atoms. The van der Waals surface area contributed by atoms with Crippen LogP contribution in [0, 0.1) is 23.3 Å². The van der Waals surface area contributed by atoms with E-state index in [1.807, 2.05) is 0 Å². The van der Waals surface area contributed by atoms with Crippen molar-refractivity contribution in [2.75, 3.05) is 0 Å². The molecule has 0 saturated carbocycles. The van der Waals surface area contributed by atoms with E-state index < -0.39 is 23.3 Å². The molecule has 0 saturated heterocycles. The van der Waals surface area contributed by atoms with Gasteiger partial charge in [0.25, 0.3) is 0 Å². The van der Waals surface area contributed by atoms with Gasteiger partial charge in [0.05, 0.1) is 0 Å². The lowest BCUT2D eigenvalue weighted by molar-refractivity contribution is 0.416. The molecular weight excluding hydrogens is 420 g/mol. The van der Waals surface area contributed by atoms with Gasteiger partial charge in [-0.2, -0.15) is 0 Å². The van der Waals surface area contributed by atoms with Gasteiger partial charge in [0.15, 0.2) is 23.3 Å². The summed E-state index contributed by atoms with van der Waals surface area (Å²) in [6.45, 7) is 14.5. The number of benzene rings is 2. The maximum Gasteiger partial charge on any atom is 0.198 e. The van der Waals surface area contributed by atoms with Crippen molar-refractivity contribution in [1.82, 2.24) is 0 Å². The Labute approximate surface area is 165 Å². The molecule has 0 fully saturated rings. The van der Waals surface area contributed by atoms with Gasteiger partial charge in [-0.15, -0.1) is 0 Å². The van der Waals surface area contributed by atoms with E-state index in [0.717, 1.165) is 47.0 Å². The quantitative estimate of drug-likeness (QED) is 0.178. The second-order valence-corrected chi connectivity index (χ2v) is 8.37. The molecule has 2 rings (SSSR count). The van der Waals surface area contributed by atoms with Crippen LogP contribution >= 0.6 is 47.0 Å². The fraction of sp³-hybridized carbons (Fsp3) is 0. The topological polar surface area (TPSA) is 0 Å². The van der Waals surface area contributed by atoms with Gasteiger partial charge in [0.2, 0.25) is 0 Å². The molecule has 2 aromatic rings. The van der Waals surface area contributed by atoms with Crippen molar-refractivity contribution in [3.8, 4) is 0 Å². The number of halogens is 4. The molecule has 2 aromatic carbocycles. The van der Waals surface area contributed by atoms with E-state index in [-0.39, 0.29) is 20.6 Å². The molecule has 0 aliphatic carbocycles. The van der Waals surface area contributed by atoms with Gasteiger partial charge in [-0.05, 0) is 21.6 Å². The standard InChI is InChI=1S/C18H12F4S4/c1-5-23-15-9-10(12(20)14(22)13(21)11(9)19)16(24-6-2)18(26-8-4)17(15)25-7-3/h5-8H,1-4H2.